The van der Waals surface area contributed by atoms with Crippen LogP contribution in [0.1, 0.15) is 65.2 Å². The smallest absolute Gasteiger partial charge is 0.226 e. The molecule has 5 heteroatoms. The number of rotatable bonds is 5. The minimum absolute atomic E-state index is 0.0134. The number of carbonyl (C=O) groups excluding carboxylic acids is 2. The second-order valence-corrected chi connectivity index (χ2v) is 8.66. The van der Waals surface area contributed by atoms with Crippen LogP contribution in [0.2, 0.25) is 0 Å². The maximum Gasteiger partial charge on any atom is 0.226 e. The number of ketones is 1. The second kappa shape index (κ2) is 8.17. The first kappa shape index (κ1) is 18.8. The van der Waals surface area contributed by atoms with E-state index in [1.807, 2.05) is 4.90 Å². The Balaban J connectivity index is 1.51. The van der Waals surface area contributed by atoms with Crippen LogP contribution in [0.25, 0.3) is 0 Å². The average molecular weight is 351 g/mol. The summed E-state index contributed by atoms with van der Waals surface area (Å²) in [5.41, 5.74) is 6.33. The van der Waals surface area contributed by atoms with Crippen molar-refractivity contribution in [1.82, 2.24) is 4.90 Å². The van der Waals surface area contributed by atoms with Crippen molar-refractivity contribution in [2.24, 2.45) is 23.5 Å². The molecule has 3 fully saturated rings. The Morgan fingerprint density at radius 1 is 1.20 bits per heavy atom. The molecule has 2 saturated carbocycles. The van der Waals surface area contributed by atoms with Gasteiger partial charge in [-0.3, -0.25) is 9.59 Å². The van der Waals surface area contributed by atoms with Crippen molar-refractivity contribution >= 4 is 11.7 Å². The number of carbonyl (C=O) groups is 2. The van der Waals surface area contributed by atoms with E-state index in [2.05, 4.69) is 13.8 Å². The summed E-state index contributed by atoms with van der Waals surface area (Å²) < 4.78 is 6.21. The molecule has 2 atom stereocenters. The van der Waals surface area contributed by atoms with Gasteiger partial charge in [0.25, 0.3) is 0 Å². The summed E-state index contributed by atoms with van der Waals surface area (Å²) in [6.45, 7) is 5.92. The van der Waals surface area contributed by atoms with Gasteiger partial charge in [-0.15, -0.1) is 0 Å². The number of hydrogen-bond acceptors (Lipinski definition) is 4. The third kappa shape index (κ3) is 4.43. The van der Waals surface area contributed by atoms with E-state index < -0.39 is 0 Å². The van der Waals surface area contributed by atoms with Gasteiger partial charge < -0.3 is 15.4 Å². The van der Waals surface area contributed by atoms with Gasteiger partial charge in [0.05, 0.1) is 24.7 Å². The topological polar surface area (TPSA) is 72.6 Å². The van der Waals surface area contributed by atoms with E-state index in [1.54, 1.807) is 0 Å². The van der Waals surface area contributed by atoms with Gasteiger partial charge in [-0.05, 0) is 50.4 Å². The fourth-order valence-corrected chi connectivity index (χ4v) is 4.63. The van der Waals surface area contributed by atoms with E-state index in [0.717, 1.165) is 44.1 Å². The molecule has 2 aliphatic carbocycles. The molecule has 3 aliphatic rings. The van der Waals surface area contributed by atoms with Crippen molar-refractivity contribution in [2.75, 3.05) is 13.2 Å². The van der Waals surface area contributed by atoms with E-state index in [-0.39, 0.29) is 29.7 Å². The molecule has 0 spiro atoms. The summed E-state index contributed by atoms with van der Waals surface area (Å²) in [5.74, 6) is 1.79. The Labute approximate surface area is 151 Å². The van der Waals surface area contributed by atoms with Gasteiger partial charge in [0.2, 0.25) is 5.91 Å². The number of Topliss-reactive ketones (excluding diaryl/α,β-unsaturated/α-hetero) is 1. The molecule has 0 aromatic rings. The van der Waals surface area contributed by atoms with Crippen LogP contribution in [0.4, 0.5) is 0 Å². The zero-order valence-electron chi connectivity index (χ0n) is 15.8. The minimum atomic E-state index is -0.109. The lowest BCUT2D eigenvalue weighted by molar-refractivity contribution is -0.150. The van der Waals surface area contributed by atoms with E-state index in [1.165, 1.54) is 12.8 Å². The molecule has 142 valence electrons. The molecule has 5 nitrogen and oxygen atoms in total. The van der Waals surface area contributed by atoms with Crippen molar-refractivity contribution in [2.45, 2.75) is 83.4 Å². The van der Waals surface area contributed by atoms with Gasteiger partial charge >= 0.3 is 0 Å². The quantitative estimate of drug-likeness (QED) is 0.827. The average Bonchev–Trinajstić information content (AvgIpc) is 2.57. The van der Waals surface area contributed by atoms with Crippen molar-refractivity contribution < 1.29 is 14.3 Å². The summed E-state index contributed by atoms with van der Waals surface area (Å²) in [6.07, 6.45) is 7.76. The minimum Gasteiger partial charge on any atom is -0.376 e. The largest absolute Gasteiger partial charge is 0.376 e. The fraction of sp³-hybridized carbons (Fsp3) is 0.900. The van der Waals surface area contributed by atoms with Crippen LogP contribution in [0.3, 0.4) is 0 Å². The van der Waals surface area contributed by atoms with E-state index in [4.69, 9.17) is 10.5 Å². The predicted molar refractivity (Wildman–Crippen MR) is 97.0 cm³/mol. The monoisotopic (exact) mass is 350 g/mol. The Morgan fingerprint density at radius 2 is 1.88 bits per heavy atom. The van der Waals surface area contributed by atoms with Crippen LogP contribution in [0.15, 0.2) is 0 Å². The van der Waals surface area contributed by atoms with Crippen LogP contribution in [0, 0.1) is 17.8 Å². The lowest BCUT2D eigenvalue weighted by Crippen LogP contribution is -2.59. The maximum absolute atomic E-state index is 12.7. The van der Waals surface area contributed by atoms with Crippen LogP contribution in [-0.4, -0.2) is 47.9 Å². The number of nitrogens with zero attached hydrogens (tertiary/aromatic N) is 1. The highest BCUT2D eigenvalue weighted by Gasteiger charge is 2.40. The molecule has 0 aromatic heterocycles. The Bertz CT molecular complexity index is 477. The first-order valence-corrected chi connectivity index (χ1v) is 10.1. The number of hydrogen-bond donors (Lipinski definition) is 1. The molecule has 1 saturated heterocycles. The van der Waals surface area contributed by atoms with Crippen molar-refractivity contribution in [3.63, 3.8) is 0 Å². The van der Waals surface area contributed by atoms with Crippen LogP contribution in [0.5, 0.6) is 0 Å². The second-order valence-electron chi connectivity index (χ2n) is 8.66. The molecular weight excluding hydrogens is 316 g/mol. The molecule has 0 bridgehead atoms. The zero-order chi connectivity index (χ0) is 18.0. The van der Waals surface area contributed by atoms with E-state index in [9.17, 15) is 9.59 Å². The summed E-state index contributed by atoms with van der Waals surface area (Å²) in [5, 5.41) is 0. The number of likely N-dealkylation sites (tertiary alicyclic amines) is 1. The highest BCUT2D eigenvalue weighted by atomic mass is 16.5. The lowest BCUT2D eigenvalue weighted by Gasteiger charge is -2.43. The first-order chi connectivity index (χ1) is 12.0. The standard InChI is InChI=1S/C20H34N2O3/c1-13(2)14-5-7-17(8-6-14)25-12-19-18(21)4-3-9-22(19)20(24)15-10-16(23)11-15/h13-15,17-19H,3-12,21H2,1-2H3/t14?,17?,18-,19-/m0/s1. The van der Waals surface area contributed by atoms with Gasteiger partial charge in [-0.2, -0.15) is 0 Å². The molecule has 1 heterocycles. The lowest BCUT2D eigenvalue weighted by atomic mass is 9.80. The molecule has 1 amide bonds. The normalized spacial score (nSPS) is 34.2. The van der Waals surface area contributed by atoms with Gasteiger partial charge in [0.1, 0.15) is 5.78 Å². The van der Waals surface area contributed by atoms with Gasteiger partial charge in [0, 0.05) is 25.4 Å². The SMILES string of the molecule is CC(C)C1CCC(OC[C@H]2[C@@H](N)CCCN2C(=O)C2CC(=O)C2)CC1. The number of nitrogens with two attached hydrogens (primary N) is 1. The zero-order valence-corrected chi connectivity index (χ0v) is 15.8. The highest BCUT2D eigenvalue weighted by molar-refractivity contribution is 5.96. The summed E-state index contributed by atoms with van der Waals surface area (Å²) in [6, 6.07) is -0.0414. The molecule has 0 radical (unpaired) electrons. The van der Waals surface area contributed by atoms with Crippen molar-refractivity contribution in [1.29, 1.82) is 0 Å². The van der Waals surface area contributed by atoms with Crippen LogP contribution < -0.4 is 5.73 Å². The van der Waals surface area contributed by atoms with E-state index >= 15 is 0 Å². The molecule has 1 aliphatic heterocycles. The molecule has 3 rings (SSSR count). The Hall–Kier alpha value is -0.940. The van der Waals surface area contributed by atoms with Gasteiger partial charge in [-0.25, -0.2) is 0 Å². The predicted octanol–water partition coefficient (Wildman–Crippen LogP) is 2.52. The number of amides is 1. The number of ether oxygens (including phenoxy) is 1. The Kier molecular flexibility index (Phi) is 6.16. The molecule has 0 aromatic carbocycles. The highest BCUT2D eigenvalue weighted by Crippen LogP contribution is 2.32. The van der Waals surface area contributed by atoms with Crippen LogP contribution in [-0.2, 0) is 14.3 Å². The van der Waals surface area contributed by atoms with Gasteiger partial charge in [0.15, 0.2) is 0 Å². The first-order valence-electron chi connectivity index (χ1n) is 10.1. The summed E-state index contributed by atoms with van der Waals surface area (Å²) in [7, 11) is 0. The van der Waals surface area contributed by atoms with E-state index in [0.29, 0.717) is 25.6 Å². The number of piperidine rings is 1. The molecule has 0 unspecified atom stereocenters. The molecule has 25 heavy (non-hydrogen) atoms. The molecular formula is C20H34N2O3. The maximum atomic E-state index is 12.7. The van der Waals surface area contributed by atoms with Gasteiger partial charge in [-0.1, -0.05) is 13.8 Å². The summed E-state index contributed by atoms with van der Waals surface area (Å²) in [4.78, 5) is 25.9. The third-order valence-corrected chi connectivity index (χ3v) is 6.58. The van der Waals surface area contributed by atoms with Crippen molar-refractivity contribution in [3.8, 4) is 0 Å². The Morgan fingerprint density at radius 3 is 2.48 bits per heavy atom. The van der Waals surface area contributed by atoms with Crippen molar-refractivity contribution in [3.05, 3.63) is 0 Å². The third-order valence-electron chi connectivity index (χ3n) is 6.58. The summed E-state index contributed by atoms with van der Waals surface area (Å²) >= 11 is 0. The van der Waals surface area contributed by atoms with Crippen LogP contribution >= 0.6 is 0 Å². The fourth-order valence-electron chi connectivity index (χ4n) is 4.63. The molecule has 2 N–H and O–H groups in total.